The van der Waals surface area contributed by atoms with Crippen LogP contribution in [-0.4, -0.2) is 0 Å². The first kappa shape index (κ1) is 14.0. The summed E-state index contributed by atoms with van der Waals surface area (Å²) >= 11 is 0. The molecule has 0 saturated heterocycles. The minimum atomic E-state index is -0.196. The van der Waals surface area contributed by atoms with Crippen molar-refractivity contribution in [2.45, 2.75) is 6.42 Å². The molecule has 4 aromatic carbocycles. The van der Waals surface area contributed by atoms with Crippen LogP contribution >= 0.6 is 0 Å². The topological polar surface area (TPSA) is 0 Å². The molecule has 0 unspecified atom stereocenters. The van der Waals surface area contributed by atoms with E-state index in [2.05, 4.69) is 54.6 Å². The molecular formula is C25H15F. The highest BCUT2D eigenvalue weighted by molar-refractivity contribution is 6.19. The van der Waals surface area contributed by atoms with Gasteiger partial charge in [-0.3, -0.25) is 0 Å². The van der Waals surface area contributed by atoms with E-state index in [1.165, 1.54) is 56.3 Å². The number of hydrogen-bond acceptors (Lipinski definition) is 0. The average Bonchev–Trinajstić information content (AvgIpc) is 3.20. The highest BCUT2D eigenvalue weighted by atomic mass is 19.1. The van der Waals surface area contributed by atoms with Gasteiger partial charge in [-0.1, -0.05) is 60.7 Å². The first-order valence-corrected chi connectivity index (χ1v) is 8.94. The second kappa shape index (κ2) is 4.92. The van der Waals surface area contributed by atoms with Crippen LogP contribution in [0, 0.1) is 5.82 Å². The summed E-state index contributed by atoms with van der Waals surface area (Å²) in [5.41, 5.74) is 10.5. The molecule has 4 aromatic rings. The van der Waals surface area contributed by atoms with E-state index in [1.54, 1.807) is 0 Å². The molecule has 0 heterocycles. The number of rotatable bonds is 1. The Bertz CT molecular complexity index is 1240. The van der Waals surface area contributed by atoms with Crippen molar-refractivity contribution >= 4 is 21.9 Å². The number of halogens is 1. The van der Waals surface area contributed by atoms with Gasteiger partial charge in [0.15, 0.2) is 0 Å². The summed E-state index contributed by atoms with van der Waals surface area (Å²) in [5, 5.41) is 2.70. The molecule has 2 aliphatic carbocycles. The quantitative estimate of drug-likeness (QED) is 0.374. The maximum absolute atomic E-state index is 13.3. The number of fused-ring (bicyclic) bond motifs is 4. The number of benzene rings is 4. The largest absolute Gasteiger partial charge is 0.207 e. The molecule has 0 spiro atoms. The van der Waals surface area contributed by atoms with Crippen LogP contribution in [0.5, 0.6) is 0 Å². The predicted molar refractivity (Wildman–Crippen MR) is 105 cm³/mol. The lowest BCUT2D eigenvalue weighted by Crippen LogP contribution is -1.91. The Hall–Kier alpha value is -3.19. The lowest BCUT2D eigenvalue weighted by Gasteiger charge is -2.11. The molecule has 2 aliphatic rings. The van der Waals surface area contributed by atoms with Gasteiger partial charge in [0.25, 0.3) is 0 Å². The Morgan fingerprint density at radius 1 is 0.654 bits per heavy atom. The van der Waals surface area contributed by atoms with Gasteiger partial charge >= 0.3 is 0 Å². The van der Waals surface area contributed by atoms with Crippen LogP contribution in [0.4, 0.5) is 4.39 Å². The van der Waals surface area contributed by atoms with E-state index < -0.39 is 0 Å². The molecule has 0 nitrogen and oxygen atoms in total. The van der Waals surface area contributed by atoms with Crippen LogP contribution in [0.15, 0.2) is 78.9 Å². The van der Waals surface area contributed by atoms with E-state index in [-0.39, 0.29) is 5.82 Å². The Balaban J connectivity index is 1.58. The normalized spacial score (nSPS) is 14.0. The summed E-state index contributed by atoms with van der Waals surface area (Å²) in [7, 11) is 0. The Labute approximate surface area is 151 Å². The molecule has 122 valence electrons. The third-order valence-electron chi connectivity index (χ3n) is 5.72. The van der Waals surface area contributed by atoms with E-state index in [0.29, 0.717) is 0 Å². The van der Waals surface area contributed by atoms with Gasteiger partial charge in [0.1, 0.15) is 5.82 Å². The average molecular weight is 334 g/mol. The van der Waals surface area contributed by atoms with E-state index in [1.807, 2.05) is 12.1 Å². The van der Waals surface area contributed by atoms with Crippen LogP contribution in [0.1, 0.15) is 22.3 Å². The van der Waals surface area contributed by atoms with Crippen molar-refractivity contribution in [3.8, 4) is 11.1 Å². The molecule has 0 amide bonds. The fraction of sp³-hybridized carbons (Fsp3) is 0.0400. The highest BCUT2D eigenvalue weighted by Crippen LogP contribution is 2.51. The SMILES string of the molecule is Fc1ccc(-c2ccc3c(c2)C2=C(C3)c3cccc4cccc2c34)cc1. The Morgan fingerprint density at radius 2 is 1.38 bits per heavy atom. The van der Waals surface area contributed by atoms with Gasteiger partial charge in [0, 0.05) is 0 Å². The van der Waals surface area contributed by atoms with E-state index in [9.17, 15) is 4.39 Å². The zero-order valence-corrected chi connectivity index (χ0v) is 14.1. The standard InChI is InChI=1S/C25H15F/c26-19-11-9-15(10-12-19)17-7-8-18-14-23-20-5-1-3-16-4-2-6-21(24(16)20)25(23)22(18)13-17/h1-13H,14H2. The summed E-state index contributed by atoms with van der Waals surface area (Å²) in [4.78, 5) is 0. The van der Waals surface area contributed by atoms with Gasteiger partial charge in [-0.2, -0.15) is 0 Å². The molecule has 0 atom stereocenters. The monoisotopic (exact) mass is 334 g/mol. The molecule has 0 saturated carbocycles. The second-order valence-corrected chi connectivity index (χ2v) is 7.12. The molecule has 6 rings (SSSR count). The molecule has 0 radical (unpaired) electrons. The van der Waals surface area contributed by atoms with Gasteiger partial charge in [-0.25, -0.2) is 4.39 Å². The van der Waals surface area contributed by atoms with Crippen molar-refractivity contribution in [3.05, 3.63) is 107 Å². The summed E-state index contributed by atoms with van der Waals surface area (Å²) in [6.45, 7) is 0. The van der Waals surface area contributed by atoms with Crippen LogP contribution in [0.3, 0.4) is 0 Å². The molecule has 1 heteroatoms. The second-order valence-electron chi connectivity index (χ2n) is 7.12. The molecule has 0 fully saturated rings. The van der Waals surface area contributed by atoms with Crippen LogP contribution in [0.25, 0.3) is 33.0 Å². The third-order valence-corrected chi connectivity index (χ3v) is 5.72. The van der Waals surface area contributed by atoms with Crippen molar-refractivity contribution in [2.75, 3.05) is 0 Å². The summed E-state index contributed by atoms with van der Waals surface area (Å²) in [5.74, 6) is -0.196. The zero-order chi connectivity index (χ0) is 17.3. The van der Waals surface area contributed by atoms with Gasteiger partial charge < -0.3 is 0 Å². The maximum Gasteiger partial charge on any atom is 0.123 e. The van der Waals surface area contributed by atoms with Gasteiger partial charge in [0.05, 0.1) is 0 Å². The Morgan fingerprint density at radius 3 is 2.19 bits per heavy atom. The van der Waals surface area contributed by atoms with E-state index in [4.69, 9.17) is 0 Å². The number of allylic oxidation sites excluding steroid dienone is 1. The van der Waals surface area contributed by atoms with Crippen LogP contribution in [-0.2, 0) is 6.42 Å². The molecule has 0 aliphatic heterocycles. The smallest absolute Gasteiger partial charge is 0.123 e. The molecule has 0 aromatic heterocycles. The number of hydrogen-bond donors (Lipinski definition) is 0. The maximum atomic E-state index is 13.3. The summed E-state index contributed by atoms with van der Waals surface area (Å²) in [6, 6.07) is 26.6. The fourth-order valence-electron chi connectivity index (χ4n) is 4.56. The van der Waals surface area contributed by atoms with Crippen molar-refractivity contribution in [1.82, 2.24) is 0 Å². The van der Waals surface area contributed by atoms with E-state index in [0.717, 1.165) is 17.5 Å². The van der Waals surface area contributed by atoms with Crippen molar-refractivity contribution in [2.24, 2.45) is 0 Å². The molecular weight excluding hydrogens is 319 g/mol. The molecule has 0 N–H and O–H groups in total. The van der Waals surface area contributed by atoms with Crippen LogP contribution in [0.2, 0.25) is 0 Å². The van der Waals surface area contributed by atoms with Gasteiger partial charge in [-0.15, -0.1) is 0 Å². The minimum absolute atomic E-state index is 0.196. The van der Waals surface area contributed by atoms with Gasteiger partial charge in [-0.05, 0) is 79.9 Å². The minimum Gasteiger partial charge on any atom is -0.207 e. The third kappa shape index (κ3) is 1.78. The first-order valence-electron chi connectivity index (χ1n) is 8.94. The van der Waals surface area contributed by atoms with Gasteiger partial charge in [0.2, 0.25) is 0 Å². The fourth-order valence-corrected chi connectivity index (χ4v) is 4.56. The molecule has 0 bridgehead atoms. The van der Waals surface area contributed by atoms with E-state index >= 15 is 0 Å². The molecule has 26 heavy (non-hydrogen) atoms. The van der Waals surface area contributed by atoms with Crippen molar-refractivity contribution in [3.63, 3.8) is 0 Å². The predicted octanol–water partition coefficient (Wildman–Crippen LogP) is 6.47. The first-order chi connectivity index (χ1) is 12.8. The Kier molecular flexibility index (Phi) is 2.66. The van der Waals surface area contributed by atoms with Crippen molar-refractivity contribution < 1.29 is 4.39 Å². The highest BCUT2D eigenvalue weighted by Gasteiger charge is 2.31. The lowest BCUT2D eigenvalue weighted by molar-refractivity contribution is 0.628. The zero-order valence-electron chi connectivity index (χ0n) is 14.1. The summed E-state index contributed by atoms with van der Waals surface area (Å²) in [6.07, 6.45) is 0.988. The van der Waals surface area contributed by atoms with Crippen LogP contribution < -0.4 is 0 Å². The lowest BCUT2D eigenvalue weighted by atomic mass is 9.93. The summed E-state index contributed by atoms with van der Waals surface area (Å²) < 4.78 is 13.3. The van der Waals surface area contributed by atoms with Crippen molar-refractivity contribution in [1.29, 1.82) is 0 Å².